The van der Waals surface area contributed by atoms with Crippen molar-refractivity contribution < 1.29 is 77.7 Å². The molecule has 3 fully saturated rings. The van der Waals surface area contributed by atoms with Crippen molar-refractivity contribution in [1.82, 2.24) is 29.6 Å². The number of rotatable bonds is 32. The van der Waals surface area contributed by atoms with Crippen molar-refractivity contribution in [2.24, 2.45) is 5.41 Å². The highest BCUT2D eigenvalue weighted by molar-refractivity contribution is 7.99. The smallest absolute Gasteiger partial charge is 0.382 e. The Bertz CT molecular complexity index is 4010. The van der Waals surface area contributed by atoms with Crippen molar-refractivity contribution >= 4 is 101 Å². The summed E-state index contributed by atoms with van der Waals surface area (Å²) >= 11 is 7.61. The van der Waals surface area contributed by atoms with E-state index in [0.717, 1.165) is 66.5 Å². The molecule has 5 aliphatic rings. The average molecular weight is 1460 g/mol. The number of thioether (sulfide) groups is 1. The van der Waals surface area contributed by atoms with Crippen LogP contribution in [-0.2, 0) is 53.2 Å². The number of imide groups is 2. The van der Waals surface area contributed by atoms with E-state index in [1.807, 2.05) is 47.2 Å². The molecule has 1 aliphatic carbocycles. The molecule has 6 amide bonds. The summed E-state index contributed by atoms with van der Waals surface area (Å²) in [5, 5.41) is 9.00. The number of carbonyl (C=O) groups is 6. The molecule has 538 valence electrons. The standard InChI is InChI=1S/C70H83ClF3N9O14S3/c1-69(2)25-23-56(48-11-15-51(71)16-12-48)50(44-69)45-80-30-32-81(33-31-80)53-17-13-49(14-18-53)65(86)78-100(92,93)55-19-20-58(61(43-55)99(90,91)70(72,73)74)76-52(47-98-54-7-4-3-5-8-54)24-27-79-28-34-82(35-29-79)63(85)46-97-42-41-96-40-39-95-38-37-94-36-26-75-59-10-6-9-57-64(59)68(89)83(67(57)88)60-21-22-62(84)77-66(60)87/h3-20,43,52,60,75-76H,21-42,44-47H2,1-2H3,(H,78,86)(H,77,84,87)/t52-,60?/m1/s1. The van der Waals surface area contributed by atoms with Crippen molar-refractivity contribution in [3.63, 3.8) is 0 Å². The Hall–Kier alpha value is -7.45. The van der Waals surface area contributed by atoms with E-state index >= 15 is 0 Å². The molecule has 30 heteroatoms. The monoisotopic (exact) mass is 1460 g/mol. The molecule has 3 saturated heterocycles. The van der Waals surface area contributed by atoms with Crippen molar-refractivity contribution in [3.8, 4) is 0 Å². The number of piperazine rings is 2. The van der Waals surface area contributed by atoms with Gasteiger partial charge < -0.3 is 39.4 Å². The van der Waals surface area contributed by atoms with E-state index < -0.39 is 82.5 Å². The Morgan fingerprint density at radius 3 is 2.06 bits per heavy atom. The van der Waals surface area contributed by atoms with E-state index in [1.165, 1.54) is 46.7 Å². The van der Waals surface area contributed by atoms with Crippen LogP contribution >= 0.6 is 23.4 Å². The molecule has 0 spiro atoms. The van der Waals surface area contributed by atoms with Crippen LogP contribution in [0, 0.1) is 5.41 Å². The number of sulfonamides is 1. The van der Waals surface area contributed by atoms with E-state index in [1.54, 1.807) is 29.2 Å². The highest BCUT2D eigenvalue weighted by Crippen LogP contribution is 2.43. The second-order valence-corrected chi connectivity index (χ2v) is 30.9. The number of halogens is 4. The molecule has 23 nitrogen and oxygen atoms in total. The van der Waals surface area contributed by atoms with Crippen LogP contribution in [0.3, 0.4) is 0 Å². The summed E-state index contributed by atoms with van der Waals surface area (Å²) in [7, 11) is -11.1. The molecule has 100 heavy (non-hydrogen) atoms. The second-order valence-electron chi connectivity index (χ2n) is 25.8. The van der Waals surface area contributed by atoms with E-state index in [4.69, 9.17) is 30.5 Å². The largest absolute Gasteiger partial charge is 0.501 e. The fraction of sp³-hybridized carbons (Fsp3) is 0.457. The zero-order valence-electron chi connectivity index (χ0n) is 55.7. The van der Waals surface area contributed by atoms with Gasteiger partial charge in [-0.15, -0.1) is 11.8 Å². The maximum absolute atomic E-state index is 14.5. The predicted molar refractivity (Wildman–Crippen MR) is 373 cm³/mol. The summed E-state index contributed by atoms with van der Waals surface area (Å²) in [6, 6.07) is 29.0. The zero-order chi connectivity index (χ0) is 71.2. The van der Waals surface area contributed by atoms with Gasteiger partial charge in [0.1, 0.15) is 17.5 Å². The Kier molecular flexibility index (Phi) is 25.6. The van der Waals surface area contributed by atoms with Gasteiger partial charge in [-0.1, -0.05) is 67.4 Å². The number of amides is 6. The lowest BCUT2D eigenvalue weighted by molar-refractivity contribution is -0.138. The molecule has 4 N–H and O–H groups in total. The molecule has 0 radical (unpaired) electrons. The molecule has 5 aromatic rings. The minimum absolute atomic E-state index is 0.0217. The van der Waals surface area contributed by atoms with Crippen LogP contribution in [0.25, 0.3) is 5.57 Å². The molecule has 4 aliphatic heterocycles. The van der Waals surface area contributed by atoms with Gasteiger partial charge in [0.15, 0.2) is 0 Å². The number of piperidine rings is 1. The Labute approximate surface area is 589 Å². The maximum Gasteiger partial charge on any atom is 0.501 e. The second kappa shape index (κ2) is 34.0. The number of nitrogens with one attached hydrogen (secondary N) is 4. The Morgan fingerprint density at radius 1 is 0.730 bits per heavy atom. The summed E-state index contributed by atoms with van der Waals surface area (Å²) in [5.41, 5.74) is -0.594. The number of allylic oxidation sites excluding steroid dienone is 1. The number of alkyl halides is 3. The van der Waals surface area contributed by atoms with Gasteiger partial charge in [-0.05, 0) is 128 Å². The molecule has 10 rings (SSSR count). The van der Waals surface area contributed by atoms with Gasteiger partial charge in [0, 0.05) is 117 Å². The van der Waals surface area contributed by atoms with Crippen LogP contribution < -0.4 is 25.6 Å². The molecule has 5 aromatic carbocycles. The van der Waals surface area contributed by atoms with Gasteiger partial charge in [0.05, 0.1) is 68.0 Å². The number of anilines is 3. The van der Waals surface area contributed by atoms with Gasteiger partial charge in [-0.3, -0.25) is 48.8 Å². The predicted octanol–water partition coefficient (Wildman–Crippen LogP) is 8.22. The SMILES string of the molecule is CC1(C)CCC(c2ccc(Cl)cc2)=C(CN2CCN(c3ccc(C(=O)NS(=O)(=O)c4ccc(N[C@H](CCN5CCN(C(=O)COCCOCCOCCOCCNc6cccc7c6C(=O)N(C6CCC(=O)NC6=O)C7=O)CC5)CSc5ccccc5)c(S(=O)(=O)C(F)(F)F)c4)cc3)CC2)C1. The van der Waals surface area contributed by atoms with Crippen molar-refractivity contribution in [2.45, 2.75) is 84.7 Å². The van der Waals surface area contributed by atoms with Crippen LogP contribution in [0.4, 0.5) is 30.2 Å². The van der Waals surface area contributed by atoms with Crippen LogP contribution in [0.1, 0.15) is 89.0 Å². The first kappa shape index (κ1) is 75.2. The van der Waals surface area contributed by atoms with Gasteiger partial charge >= 0.3 is 5.51 Å². The molecule has 4 heterocycles. The Morgan fingerprint density at radius 2 is 1.39 bits per heavy atom. The number of nitrogens with zero attached hydrogens (tertiary/aromatic N) is 5. The number of benzene rings is 5. The average Bonchev–Trinajstić information content (AvgIpc) is 1.54. The first-order valence-electron chi connectivity index (χ1n) is 33.2. The molecule has 2 atom stereocenters. The van der Waals surface area contributed by atoms with E-state index in [2.05, 4.69) is 56.6 Å². The number of fused-ring (bicyclic) bond motifs is 1. The number of sulfone groups is 1. The molecular formula is C70H83ClF3N9O14S3. The Balaban J connectivity index is 0.641. The minimum atomic E-state index is -6.17. The lowest BCUT2D eigenvalue weighted by Crippen LogP contribution is -2.54. The first-order valence-corrected chi connectivity index (χ1v) is 37.6. The highest BCUT2D eigenvalue weighted by atomic mass is 35.5. The van der Waals surface area contributed by atoms with Crippen molar-refractivity contribution in [1.29, 1.82) is 0 Å². The number of hydrogen-bond acceptors (Lipinski definition) is 20. The minimum Gasteiger partial charge on any atom is -0.382 e. The topological polar surface area (TPSA) is 272 Å². The molecule has 1 unspecified atom stereocenters. The third-order valence-corrected chi connectivity index (χ3v) is 22.5. The van der Waals surface area contributed by atoms with Gasteiger partial charge in [0.2, 0.25) is 17.7 Å². The van der Waals surface area contributed by atoms with Crippen LogP contribution in [0.15, 0.2) is 136 Å². The molecule has 0 aromatic heterocycles. The summed E-state index contributed by atoms with van der Waals surface area (Å²) in [4.78, 5) is 85.1. The van der Waals surface area contributed by atoms with Crippen LogP contribution in [0.2, 0.25) is 5.02 Å². The lowest BCUT2D eigenvalue weighted by Gasteiger charge is -2.39. The lowest BCUT2D eigenvalue weighted by atomic mass is 9.73. The maximum atomic E-state index is 14.5. The summed E-state index contributed by atoms with van der Waals surface area (Å²) < 4.78 is 122. The van der Waals surface area contributed by atoms with E-state index in [9.17, 15) is 58.8 Å². The highest BCUT2D eigenvalue weighted by Gasteiger charge is 2.49. The van der Waals surface area contributed by atoms with Gasteiger partial charge in [-0.25, -0.2) is 21.6 Å². The summed E-state index contributed by atoms with van der Waals surface area (Å²) in [6.07, 6.45) is 3.47. The zero-order valence-corrected chi connectivity index (χ0v) is 58.9. The van der Waals surface area contributed by atoms with Gasteiger partial charge in [0.25, 0.3) is 37.6 Å². The number of hydrogen-bond donors (Lipinski definition) is 4. The van der Waals surface area contributed by atoms with Crippen molar-refractivity contribution in [3.05, 3.63) is 148 Å². The van der Waals surface area contributed by atoms with Crippen LogP contribution in [0.5, 0.6) is 0 Å². The molecular weight excluding hydrogens is 1380 g/mol. The van der Waals surface area contributed by atoms with Crippen molar-refractivity contribution in [2.75, 3.05) is 146 Å². The normalized spacial score (nSPS) is 18.3. The summed E-state index contributed by atoms with van der Waals surface area (Å²) in [6.45, 7) is 12.3. The third kappa shape index (κ3) is 19.6. The number of ether oxygens (including phenoxy) is 4. The molecule has 0 saturated carbocycles. The van der Waals surface area contributed by atoms with E-state index in [0.29, 0.717) is 75.6 Å². The van der Waals surface area contributed by atoms with E-state index in [-0.39, 0.29) is 99.5 Å². The first-order chi connectivity index (χ1) is 47.8. The quantitative estimate of drug-likeness (QED) is 0.0179. The fourth-order valence-electron chi connectivity index (χ4n) is 12.7. The number of carbonyl (C=O) groups excluding carboxylic acids is 6. The fourth-order valence-corrected chi connectivity index (χ4v) is 15.9. The third-order valence-electron chi connectivity index (χ3n) is 18.2. The summed E-state index contributed by atoms with van der Waals surface area (Å²) in [5.74, 6) is -3.37. The van der Waals surface area contributed by atoms with Gasteiger partial charge in [-0.2, -0.15) is 13.2 Å². The van der Waals surface area contributed by atoms with Crippen LogP contribution in [-0.4, -0.2) is 220 Å². The molecule has 0 bridgehead atoms.